The number of aliphatic hydroxyl groups is 1. The number of hydrogen-bond donors (Lipinski definition) is 2. The molecular formula is C31H27NO5. The number of Topliss-reactive ketones (excluding diaryl/α,β-unsaturated/α-hetero) is 1. The number of phenolic OH excluding ortho intramolecular Hbond substituents is 1. The van der Waals surface area contributed by atoms with Crippen LogP contribution in [0.5, 0.6) is 11.5 Å². The summed E-state index contributed by atoms with van der Waals surface area (Å²) in [7, 11) is 0. The second kappa shape index (κ2) is 10.2. The van der Waals surface area contributed by atoms with E-state index in [0.29, 0.717) is 24.3 Å². The lowest BCUT2D eigenvalue weighted by atomic mass is 9.92. The van der Waals surface area contributed by atoms with Gasteiger partial charge in [-0.15, -0.1) is 0 Å². The highest BCUT2D eigenvalue weighted by atomic mass is 16.5. The lowest BCUT2D eigenvalue weighted by molar-refractivity contribution is -0.118. The van der Waals surface area contributed by atoms with Crippen LogP contribution in [0.25, 0.3) is 10.8 Å². The Kier molecular flexibility index (Phi) is 6.64. The van der Waals surface area contributed by atoms with Gasteiger partial charge in [-0.25, -0.2) is 0 Å². The zero-order valence-electron chi connectivity index (χ0n) is 20.4. The number of carbonyl (C=O) groups excluding carboxylic acids is 2. The van der Waals surface area contributed by atoms with E-state index >= 15 is 0 Å². The number of carbonyl (C=O) groups is 2. The van der Waals surface area contributed by atoms with Crippen LogP contribution in [-0.2, 0) is 16.0 Å². The third-order valence-corrected chi connectivity index (χ3v) is 6.62. The molecule has 0 saturated heterocycles. The van der Waals surface area contributed by atoms with Crippen molar-refractivity contribution in [3.05, 3.63) is 113 Å². The minimum atomic E-state index is -0.888. The van der Waals surface area contributed by atoms with Gasteiger partial charge in [0.15, 0.2) is 23.0 Å². The molecule has 6 heteroatoms. The molecule has 5 rings (SSSR count). The number of anilines is 1. The predicted molar refractivity (Wildman–Crippen MR) is 143 cm³/mol. The van der Waals surface area contributed by atoms with Crippen LogP contribution in [0.3, 0.4) is 0 Å². The zero-order valence-corrected chi connectivity index (χ0v) is 20.4. The standard InChI is InChI=1S/C31H27NO5/c1-2-37-27-19-22(16-18-25(27)33)29-28(26(34)17-15-20-9-4-3-5-10-20)30(35)31(36)32(29)24-14-8-12-21-11-6-7-13-23(21)24/h3-14,16,18-19,29,33,35H,2,15,17H2,1H3. The lowest BCUT2D eigenvalue weighted by Gasteiger charge is -2.28. The number of rotatable bonds is 8. The molecule has 4 aromatic rings. The Morgan fingerprint density at radius 2 is 1.65 bits per heavy atom. The number of aryl methyl sites for hydroxylation is 1. The van der Waals surface area contributed by atoms with E-state index in [9.17, 15) is 19.8 Å². The summed E-state index contributed by atoms with van der Waals surface area (Å²) in [6.07, 6.45) is 0.609. The van der Waals surface area contributed by atoms with Gasteiger partial charge in [-0.1, -0.05) is 72.8 Å². The summed E-state index contributed by atoms with van der Waals surface area (Å²) in [5, 5.41) is 23.1. The number of benzene rings is 4. The van der Waals surface area contributed by atoms with E-state index < -0.39 is 17.7 Å². The molecule has 2 N–H and O–H groups in total. The summed E-state index contributed by atoms with van der Waals surface area (Å²) >= 11 is 0. The molecule has 0 aromatic heterocycles. The first-order valence-corrected chi connectivity index (χ1v) is 12.3. The summed E-state index contributed by atoms with van der Waals surface area (Å²) in [5.74, 6) is -1.31. The largest absolute Gasteiger partial charge is 0.504 e. The smallest absolute Gasteiger partial charge is 0.294 e. The van der Waals surface area contributed by atoms with Crippen molar-refractivity contribution in [1.29, 1.82) is 0 Å². The SMILES string of the molecule is CCOc1cc(C2C(C(=O)CCc3ccccc3)=C(O)C(=O)N2c2cccc3ccccc23)ccc1O. The van der Waals surface area contributed by atoms with E-state index in [1.54, 1.807) is 19.1 Å². The van der Waals surface area contributed by atoms with E-state index in [4.69, 9.17) is 4.74 Å². The molecule has 4 aromatic carbocycles. The number of fused-ring (bicyclic) bond motifs is 1. The van der Waals surface area contributed by atoms with Crippen molar-refractivity contribution >= 4 is 28.2 Å². The molecule has 1 atom stereocenters. The van der Waals surface area contributed by atoms with Gasteiger partial charge in [0, 0.05) is 11.8 Å². The van der Waals surface area contributed by atoms with Crippen LogP contribution in [0.2, 0.25) is 0 Å². The maximum absolute atomic E-state index is 13.6. The molecule has 1 aliphatic heterocycles. The van der Waals surface area contributed by atoms with Gasteiger partial charge >= 0.3 is 0 Å². The van der Waals surface area contributed by atoms with E-state index in [2.05, 4.69) is 0 Å². The minimum absolute atomic E-state index is 0.0435. The maximum atomic E-state index is 13.6. The highest BCUT2D eigenvalue weighted by Crippen LogP contribution is 2.45. The molecule has 0 spiro atoms. The Hall–Kier alpha value is -4.58. The molecule has 1 unspecified atom stereocenters. The number of ketones is 1. The van der Waals surface area contributed by atoms with E-state index in [1.165, 1.54) is 11.0 Å². The van der Waals surface area contributed by atoms with Crippen LogP contribution in [0.15, 0.2) is 102 Å². The first-order chi connectivity index (χ1) is 18.0. The fraction of sp³-hybridized carbons (Fsp3) is 0.161. The Labute approximate surface area is 215 Å². The van der Waals surface area contributed by atoms with Crippen LogP contribution >= 0.6 is 0 Å². The monoisotopic (exact) mass is 493 g/mol. The van der Waals surface area contributed by atoms with Gasteiger partial charge in [0.05, 0.1) is 23.9 Å². The number of aromatic hydroxyl groups is 1. The molecule has 186 valence electrons. The van der Waals surface area contributed by atoms with Crippen LogP contribution in [0.4, 0.5) is 5.69 Å². The Morgan fingerprint density at radius 1 is 0.919 bits per heavy atom. The van der Waals surface area contributed by atoms with Gasteiger partial charge in [0.25, 0.3) is 5.91 Å². The second-order valence-corrected chi connectivity index (χ2v) is 8.91. The Bertz CT molecular complexity index is 1500. The number of nitrogens with zero attached hydrogens (tertiary/aromatic N) is 1. The van der Waals surface area contributed by atoms with Gasteiger partial charge in [-0.3, -0.25) is 14.5 Å². The van der Waals surface area contributed by atoms with Crippen LogP contribution in [0, 0.1) is 0 Å². The molecule has 0 bridgehead atoms. The van der Waals surface area contributed by atoms with Crippen molar-refractivity contribution in [3.8, 4) is 11.5 Å². The minimum Gasteiger partial charge on any atom is -0.504 e. The van der Waals surface area contributed by atoms with Crippen molar-refractivity contribution in [2.45, 2.75) is 25.8 Å². The van der Waals surface area contributed by atoms with Gasteiger partial charge in [0.1, 0.15) is 0 Å². The van der Waals surface area contributed by atoms with Crippen LogP contribution < -0.4 is 9.64 Å². The van der Waals surface area contributed by atoms with Gasteiger partial charge in [0.2, 0.25) is 0 Å². The molecule has 1 heterocycles. The van der Waals surface area contributed by atoms with Crippen molar-refractivity contribution in [2.24, 2.45) is 0 Å². The molecule has 37 heavy (non-hydrogen) atoms. The van der Waals surface area contributed by atoms with Gasteiger partial charge in [-0.05, 0) is 48.1 Å². The third kappa shape index (κ3) is 4.54. The average Bonchev–Trinajstić information content (AvgIpc) is 3.19. The fourth-order valence-corrected chi connectivity index (χ4v) is 4.88. The Morgan fingerprint density at radius 3 is 2.43 bits per heavy atom. The number of phenols is 1. The Balaban J connectivity index is 1.62. The molecule has 1 aliphatic rings. The number of amides is 1. The molecular weight excluding hydrogens is 466 g/mol. The fourth-order valence-electron chi connectivity index (χ4n) is 4.88. The summed E-state index contributed by atoms with van der Waals surface area (Å²) in [5.41, 5.74) is 2.17. The van der Waals surface area contributed by atoms with Gasteiger partial charge in [-0.2, -0.15) is 0 Å². The van der Waals surface area contributed by atoms with Crippen molar-refractivity contribution in [3.63, 3.8) is 0 Å². The maximum Gasteiger partial charge on any atom is 0.294 e. The number of aliphatic hydroxyl groups excluding tert-OH is 1. The van der Waals surface area contributed by atoms with Crippen molar-refractivity contribution < 1.29 is 24.5 Å². The molecule has 1 amide bonds. The number of hydrogen-bond acceptors (Lipinski definition) is 5. The topological polar surface area (TPSA) is 87.1 Å². The average molecular weight is 494 g/mol. The predicted octanol–water partition coefficient (Wildman–Crippen LogP) is 6.05. The second-order valence-electron chi connectivity index (χ2n) is 8.91. The van der Waals surface area contributed by atoms with Crippen molar-refractivity contribution in [2.75, 3.05) is 11.5 Å². The van der Waals surface area contributed by atoms with E-state index in [0.717, 1.165) is 16.3 Å². The highest BCUT2D eigenvalue weighted by molar-refractivity contribution is 6.18. The lowest BCUT2D eigenvalue weighted by Crippen LogP contribution is -2.31. The van der Waals surface area contributed by atoms with Crippen LogP contribution in [-0.4, -0.2) is 28.5 Å². The van der Waals surface area contributed by atoms with Gasteiger partial charge < -0.3 is 14.9 Å². The highest BCUT2D eigenvalue weighted by Gasteiger charge is 2.44. The third-order valence-electron chi connectivity index (χ3n) is 6.62. The summed E-state index contributed by atoms with van der Waals surface area (Å²) in [6.45, 7) is 2.13. The number of ether oxygens (including phenoxy) is 1. The molecule has 6 nitrogen and oxygen atoms in total. The quantitative estimate of drug-likeness (QED) is 0.312. The molecule has 0 saturated carbocycles. The molecule has 0 fully saturated rings. The molecule has 0 aliphatic carbocycles. The normalized spacial score (nSPS) is 15.4. The van der Waals surface area contributed by atoms with E-state index in [-0.39, 0.29) is 29.3 Å². The summed E-state index contributed by atoms with van der Waals surface area (Å²) < 4.78 is 5.59. The van der Waals surface area contributed by atoms with Crippen LogP contribution in [0.1, 0.15) is 30.5 Å². The summed E-state index contributed by atoms with van der Waals surface area (Å²) in [6, 6.07) is 26.7. The first-order valence-electron chi connectivity index (χ1n) is 12.3. The van der Waals surface area contributed by atoms with Crippen molar-refractivity contribution in [1.82, 2.24) is 0 Å². The summed E-state index contributed by atoms with van der Waals surface area (Å²) in [4.78, 5) is 28.7. The zero-order chi connectivity index (χ0) is 25.9. The van der Waals surface area contributed by atoms with E-state index in [1.807, 2.05) is 72.8 Å². The molecule has 0 radical (unpaired) electrons. The first kappa shape index (κ1) is 24.1.